The quantitative estimate of drug-likeness (QED) is 0.738. The molecule has 2 aromatic rings. The summed E-state index contributed by atoms with van der Waals surface area (Å²) in [5.41, 5.74) is 6.85. The molecule has 2 amide bonds. The van der Waals surface area contributed by atoms with Gasteiger partial charge in [0, 0.05) is 12.2 Å². The highest BCUT2D eigenvalue weighted by Crippen LogP contribution is 2.38. The average molecular weight is 443 g/mol. The smallest absolute Gasteiger partial charge is 0.354 e. The first-order valence-corrected chi connectivity index (χ1v) is 12.2. The lowest BCUT2D eigenvalue weighted by Gasteiger charge is -2.16. The largest absolute Gasteiger partial charge is 0.495 e. The van der Waals surface area contributed by atoms with Crippen LogP contribution >= 0.6 is 0 Å². The van der Waals surface area contributed by atoms with E-state index in [1.807, 2.05) is 25.1 Å². The molecule has 8 heteroatoms. The van der Waals surface area contributed by atoms with Crippen LogP contribution in [0.1, 0.15) is 40.7 Å². The predicted octanol–water partition coefficient (Wildman–Crippen LogP) is 3.67. The second-order valence-corrected chi connectivity index (χ2v) is 10.3. The average Bonchev–Trinajstić information content (AvgIpc) is 3.35. The molecular formula is C23H30N4O3S. The summed E-state index contributed by atoms with van der Waals surface area (Å²) in [6.45, 7) is 0.699. The number of amides is 2. The van der Waals surface area contributed by atoms with Gasteiger partial charge in [0.1, 0.15) is 20.6 Å². The van der Waals surface area contributed by atoms with Crippen LogP contribution in [0.3, 0.4) is 0 Å². The molecule has 1 unspecified atom stereocenters. The van der Waals surface area contributed by atoms with E-state index in [2.05, 4.69) is 15.7 Å². The Morgan fingerprint density at radius 2 is 1.77 bits per heavy atom. The second-order valence-electron chi connectivity index (χ2n) is 8.55. The van der Waals surface area contributed by atoms with Crippen molar-refractivity contribution in [3.05, 3.63) is 52.1 Å². The summed E-state index contributed by atoms with van der Waals surface area (Å²) >= 11 is 0. The van der Waals surface area contributed by atoms with Crippen LogP contribution in [-0.2, 0) is 42.1 Å². The fraction of sp³-hybridized carbons (Fsp3) is 0.435. The summed E-state index contributed by atoms with van der Waals surface area (Å²) in [4.78, 5) is 15.1. The van der Waals surface area contributed by atoms with E-state index in [1.165, 1.54) is 29.4 Å². The highest BCUT2D eigenvalue weighted by atomic mass is 32.2. The molecule has 0 fully saturated rings. The summed E-state index contributed by atoms with van der Waals surface area (Å²) in [6, 6.07) is 6.86. The van der Waals surface area contributed by atoms with E-state index in [0.29, 0.717) is 12.3 Å². The zero-order valence-electron chi connectivity index (χ0n) is 18.4. The molecule has 4 rings (SSSR count). The Hall–Kier alpha value is -2.42. The second kappa shape index (κ2) is 8.61. The lowest BCUT2D eigenvalue weighted by atomic mass is 9.99. The fourth-order valence-corrected chi connectivity index (χ4v) is 5.77. The molecule has 3 N–H and O–H groups in total. The Bertz CT molecular complexity index is 1120. The van der Waals surface area contributed by atoms with E-state index < -0.39 is 15.9 Å². The molecule has 2 aliphatic carbocycles. The van der Waals surface area contributed by atoms with Crippen molar-refractivity contribution in [2.24, 2.45) is 9.50 Å². The van der Waals surface area contributed by atoms with E-state index in [-0.39, 0.29) is 4.90 Å². The van der Waals surface area contributed by atoms with Crippen LogP contribution in [0.5, 0.6) is 5.75 Å². The zero-order valence-corrected chi connectivity index (χ0v) is 19.2. The van der Waals surface area contributed by atoms with Gasteiger partial charge < -0.3 is 15.0 Å². The van der Waals surface area contributed by atoms with E-state index in [4.69, 9.17) is 9.88 Å². The molecule has 0 aliphatic heterocycles. The molecule has 0 radical (unpaired) electrons. The predicted molar refractivity (Wildman–Crippen MR) is 123 cm³/mol. The van der Waals surface area contributed by atoms with Crippen LogP contribution in [0.15, 0.2) is 33.5 Å². The maximum Gasteiger partial charge on any atom is 0.354 e. The van der Waals surface area contributed by atoms with Gasteiger partial charge in [-0.25, -0.2) is 14.1 Å². The van der Waals surface area contributed by atoms with Crippen molar-refractivity contribution in [3.8, 4) is 5.75 Å². The number of hydrogen-bond donors (Lipinski definition) is 2. The number of aryl methyl sites for hydroxylation is 2. The first-order chi connectivity index (χ1) is 14.8. The summed E-state index contributed by atoms with van der Waals surface area (Å²) in [6.07, 6.45) is 6.12. The Kier molecular flexibility index (Phi) is 6.05. The summed E-state index contributed by atoms with van der Waals surface area (Å²) in [5, 5.41) is 8.99. The lowest BCUT2D eigenvalue weighted by Crippen LogP contribution is -2.20. The molecule has 166 valence electrons. The van der Waals surface area contributed by atoms with Gasteiger partial charge in [0.15, 0.2) is 0 Å². The van der Waals surface area contributed by atoms with Crippen molar-refractivity contribution >= 4 is 21.6 Å². The van der Waals surface area contributed by atoms with Crippen LogP contribution < -0.4 is 15.2 Å². The number of urea groups is 1. The van der Waals surface area contributed by atoms with Gasteiger partial charge in [-0.1, -0.05) is 12.1 Å². The van der Waals surface area contributed by atoms with Gasteiger partial charge in [0.05, 0.1) is 7.11 Å². The number of ether oxygens (including phenoxy) is 1. The van der Waals surface area contributed by atoms with Crippen LogP contribution in [-0.4, -0.2) is 36.3 Å². The number of anilines is 1. The van der Waals surface area contributed by atoms with Crippen molar-refractivity contribution in [1.29, 1.82) is 0 Å². The normalized spacial score (nSPS) is 16.5. The number of rotatable bonds is 5. The number of carbonyl (C=O) groups is 1. The molecule has 0 heterocycles. The van der Waals surface area contributed by atoms with Gasteiger partial charge in [-0.05, 0) is 92.6 Å². The third-order valence-corrected chi connectivity index (χ3v) is 7.37. The number of hydrogen-bond acceptors (Lipinski definition) is 4. The van der Waals surface area contributed by atoms with E-state index in [0.717, 1.165) is 49.8 Å². The molecule has 0 spiro atoms. The molecule has 0 bridgehead atoms. The van der Waals surface area contributed by atoms with E-state index in [9.17, 15) is 9.00 Å². The third kappa shape index (κ3) is 4.46. The molecule has 2 aliphatic rings. The summed E-state index contributed by atoms with van der Waals surface area (Å²) in [7, 11) is 1.94. The number of benzene rings is 2. The van der Waals surface area contributed by atoms with Crippen LogP contribution in [0, 0.1) is 0 Å². The molecular weight excluding hydrogens is 412 g/mol. The van der Waals surface area contributed by atoms with Gasteiger partial charge in [0.2, 0.25) is 0 Å². The molecule has 2 aromatic carbocycles. The first kappa shape index (κ1) is 21.8. The molecule has 0 saturated carbocycles. The molecule has 0 saturated heterocycles. The number of nitrogens with one attached hydrogen (secondary N) is 1. The number of nitrogens with zero attached hydrogens (tertiary/aromatic N) is 2. The number of nitrogens with two attached hydrogens (primary N) is 1. The summed E-state index contributed by atoms with van der Waals surface area (Å²) in [5.74, 6) is 0.366. The van der Waals surface area contributed by atoms with Gasteiger partial charge in [-0.2, -0.15) is 0 Å². The molecule has 1 atom stereocenters. The van der Waals surface area contributed by atoms with Gasteiger partial charge in [0.25, 0.3) is 0 Å². The Balaban J connectivity index is 1.65. The van der Waals surface area contributed by atoms with Crippen molar-refractivity contribution in [3.63, 3.8) is 0 Å². The number of methoxy groups -OCH3 is 1. The first-order valence-electron chi connectivity index (χ1n) is 10.6. The SMILES string of the molecule is COc1cc(CN(C)C)ccc1S(N)(=O)=NC(=O)Nc1c2c(cc3c1CCC3)CCC2. The maximum atomic E-state index is 13.2. The van der Waals surface area contributed by atoms with Gasteiger partial charge in [-0.3, -0.25) is 0 Å². The van der Waals surface area contributed by atoms with Gasteiger partial charge in [-0.15, -0.1) is 4.36 Å². The lowest BCUT2D eigenvalue weighted by molar-refractivity contribution is 0.260. The zero-order chi connectivity index (χ0) is 22.2. The number of fused-ring (bicyclic) bond motifs is 2. The number of carbonyl (C=O) groups excluding carboxylic acids is 1. The van der Waals surface area contributed by atoms with Crippen molar-refractivity contribution in [2.75, 3.05) is 26.5 Å². The highest BCUT2D eigenvalue weighted by molar-refractivity contribution is 7.91. The molecule has 7 nitrogen and oxygen atoms in total. The van der Waals surface area contributed by atoms with Crippen LogP contribution in [0.2, 0.25) is 0 Å². The standard InChI is InChI=1S/C23H30N4O3S/c1-27(2)14-15-10-11-21(20(12-15)30-3)31(24,29)26-23(28)25-22-18-8-4-6-16(18)13-17-7-5-9-19(17)22/h10-13H,4-9,14H2,1-3H3,(H3,24,25,26,28,29). The minimum atomic E-state index is -3.47. The highest BCUT2D eigenvalue weighted by Gasteiger charge is 2.25. The topological polar surface area (TPSA) is 97.0 Å². The fourth-order valence-electron chi connectivity index (χ4n) is 4.69. The van der Waals surface area contributed by atoms with E-state index >= 15 is 0 Å². The Labute approximate surface area is 184 Å². The van der Waals surface area contributed by atoms with Crippen molar-refractivity contribution in [1.82, 2.24) is 4.90 Å². The molecule has 0 aromatic heterocycles. The van der Waals surface area contributed by atoms with Crippen LogP contribution in [0.25, 0.3) is 0 Å². The third-order valence-electron chi connectivity index (χ3n) is 5.97. The van der Waals surface area contributed by atoms with Crippen molar-refractivity contribution in [2.45, 2.75) is 50.0 Å². The molecule has 31 heavy (non-hydrogen) atoms. The van der Waals surface area contributed by atoms with Gasteiger partial charge >= 0.3 is 6.03 Å². The summed E-state index contributed by atoms with van der Waals surface area (Å²) < 4.78 is 22.5. The Morgan fingerprint density at radius 1 is 1.13 bits per heavy atom. The van der Waals surface area contributed by atoms with Crippen LogP contribution in [0.4, 0.5) is 10.5 Å². The minimum Gasteiger partial charge on any atom is -0.495 e. The van der Waals surface area contributed by atoms with E-state index in [1.54, 1.807) is 12.1 Å². The minimum absolute atomic E-state index is 0.219. The monoisotopic (exact) mass is 442 g/mol. The maximum absolute atomic E-state index is 13.2. The Morgan fingerprint density at radius 3 is 2.35 bits per heavy atom. The van der Waals surface area contributed by atoms with Crippen molar-refractivity contribution < 1.29 is 13.7 Å².